The first-order valence-electron chi connectivity index (χ1n) is 8.15. The molecular formula is C16H18ClN7S. The van der Waals surface area contributed by atoms with Crippen molar-refractivity contribution >= 4 is 40.2 Å². The number of nitrogens with two attached hydrogens (primary N) is 1. The number of hydrogen-bond donors (Lipinski definition) is 2. The maximum Gasteiger partial charge on any atom is 0.196 e. The molecule has 0 aliphatic carbocycles. The molecule has 4 heterocycles. The maximum atomic E-state index is 6.58. The van der Waals surface area contributed by atoms with Gasteiger partial charge in [-0.25, -0.2) is 19.9 Å². The molecule has 9 heteroatoms. The summed E-state index contributed by atoms with van der Waals surface area (Å²) in [5.74, 6) is 1.38. The summed E-state index contributed by atoms with van der Waals surface area (Å²) in [5.41, 5.74) is 7.51. The lowest BCUT2D eigenvalue weighted by atomic mass is 10.0. The van der Waals surface area contributed by atoms with Gasteiger partial charge >= 0.3 is 0 Å². The van der Waals surface area contributed by atoms with Gasteiger partial charge in [0.05, 0.1) is 15.3 Å². The van der Waals surface area contributed by atoms with Crippen molar-refractivity contribution in [2.24, 2.45) is 11.7 Å². The van der Waals surface area contributed by atoms with Gasteiger partial charge in [0, 0.05) is 37.1 Å². The second-order valence-electron chi connectivity index (χ2n) is 6.01. The lowest BCUT2D eigenvalue weighted by Gasteiger charge is -2.39. The molecule has 0 radical (unpaired) electrons. The summed E-state index contributed by atoms with van der Waals surface area (Å²) in [6.07, 6.45) is 5.82. The topological polar surface area (TPSA) is 96.6 Å². The molecule has 3 aromatic rings. The van der Waals surface area contributed by atoms with E-state index >= 15 is 0 Å². The fourth-order valence-electron chi connectivity index (χ4n) is 2.92. The lowest BCUT2D eigenvalue weighted by Crippen LogP contribution is -2.50. The van der Waals surface area contributed by atoms with Crippen LogP contribution >= 0.6 is 23.4 Å². The Bertz CT molecular complexity index is 892. The number of aromatic nitrogens is 5. The number of nitrogens with zero attached hydrogens (tertiary/aromatic N) is 5. The summed E-state index contributed by atoms with van der Waals surface area (Å²) in [4.78, 5) is 23.9. The van der Waals surface area contributed by atoms with Gasteiger partial charge in [0.25, 0.3) is 0 Å². The molecule has 1 saturated heterocycles. The van der Waals surface area contributed by atoms with Crippen molar-refractivity contribution in [3.63, 3.8) is 0 Å². The van der Waals surface area contributed by atoms with Gasteiger partial charge in [-0.2, -0.15) is 0 Å². The van der Waals surface area contributed by atoms with Crippen LogP contribution in [0.3, 0.4) is 0 Å². The van der Waals surface area contributed by atoms with Crippen molar-refractivity contribution in [2.45, 2.75) is 23.4 Å². The summed E-state index contributed by atoms with van der Waals surface area (Å²) in [5, 5.41) is 2.25. The summed E-state index contributed by atoms with van der Waals surface area (Å²) in [6, 6.07) is 0. The molecule has 3 aromatic heterocycles. The van der Waals surface area contributed by atoms with E-state index in [0.29, 0.717) is 22.6 Å². The van der Waals surface area contributed by atoms with E-state index in [0.717, 1.165) is 47.0 Å². The van der Waals surface area contributed by atoms with E-state index in [1.807, 2.05) is 0 Å². The SMILES string of the molecule is CCc1[nH]c2nc(Sc3cncnc3)nc(N3CC(CN)C3)c2c1Cl. The van der Waals surface area contributed by atoms with Crippen molar-refractivity contribution in [3.8, 4) is 0 Å². The smallest absolute Gasteiger partial charge is 0.196 e. The number of hydrogen-bond acceptors (Lipinski definition) is 7. The Kier molecular flexibility index (Phi) is 4.49. The molecule has 1 aliphatic heterocycles. The molecule has 0 saturated carbocycles. The molecule has 4 rings (SSSR count). The minimum absolute atomic E-state index is 0.506. The number of halogens is 1. The van der Waals surface area contributed by atoms with E-state index in [1.165, 1.54) is 18.1 Å². The van der Waals surface area contributed by atoms with Crippen molar-refractivity contribution in [3.05, 3.63) is 29.4 Å². The Morgan fingerprint density at radius 1 is 1.32 bits per heavy atom. The molecule has 3 N–H and O–H groups in total. The van der Waals surface area contributed by atoms with Crippen LogP contribution in [-0.4, -0.2) is 44.6 Å². The highest BCUT2D eigenvalue weighted by Gasteiger charge is 2.30. The minimum atomic E-state index is 0.506. The van der Waals surface area contributed by atoms with E-state index in [2.05, 4.69) is 31.8 Å². The van der Waals surface area contributed by atoms with Gasteiger partial charge < -0.3 is 15.6 Å². The van der Waals surface area contributed by atoms with Gasteiger partial charge in [-0.15, -0.1) is 0 Å². The number of anilines is 1. The third-order valence-corrected chi connectivity index (χ3v) is 5.54. The zero-order chi connectivity index (χ0) is 17.4. The highest BCUT2D eigenvalue weighted by atomic mass is 35.5. The fourth-order valence-corrected chi connectivity index (χ4v) is 3.99. The standard InChI is InChI=1S/C16H18ClN7S/c1-2-11-13(17)12-14(21-11)22-16(25-10-4-19-8-20-5-10)23-15(12)24-6-9(3-18)7-24/h4-5,8-9H,2-3,6-7,18H2,1H3,(H,21,22,23). The molecule has 1 aliphatic rings. The molecular weight excluding hydrogens is 358 g/mol. The average molecular weight is 376 g/mol. The second kappa shape index (κ2) is 6.78. The van der Waals surface area contributed by atoms with E-state index in [4.69, 9.17) is 22.3 Å². The van der Waals surface area contributed by atoms with Gasteiger partial charge in [0.1, 0.15) is 17.8 Å². The van der Waals surface area contributed by atoms with Gasteiger partial charge in [0.15, 0.2) is 5.16 Å². The zero-order valence-electron chi connectivity index (χ0n) is 13.7. The van der Waals surface area contributed by atoms with Crippen molar-refractivity contribution in [2.75, 3.05) is 24.5 Å². The molecule has 0 unspecified atom stereocenters. The Hall–Kier alpha value is -1.90. The van der Waals surface area contributed by atoms with Gasteiger partial charge in [-0.05, 0) is 24.7 Å². The highest BCUT2D eigenvalue weighted by Crippen LogP contribution is 2.38. The molecule has 1 fully saturated rings. The predicted octanol–water partition coefficient (Wildman–Crippen LogP) is 2.51. The van der Waals surface area contributed by atoms with Crippen LogP contribution in [0.5, 0.6) is 0 Å². The number of fused-ring (bicyclic) bond motifs is 1. The Morgan fingerprint density at radius 3 is 2.76 bits per heavy atom. The van der Waals surface area contributed by atoms with Crippen LogP contribution in [0.2, 0.25) is 5.02 Å². The van der Waals surface area contributed by atoms with Crippen LogP contribution in [-0.2, 0) is 6.42 Å². The molecule has 0 bridgehead atoms. The molecule has 0 spiro atoms. The van der Waals surface area contributed by atoms with Crippen LogP contribution < -0.4 is 10.6 Å². The summed E-state index contributed by atoms with van der Waals surface area (Å²) in [7, 11) is 0. The Labute approximate surface area is 154 Å². The monoisotopic (exact) mass is 375 g/mol. The van der Waals surface area contributed by atoms with E-state index in [-0.39, 0.29) is 0 Å². The number of aromatic amines is 1. The Balaban J connectivity index is 1.77. The number of nitrogens with one attached hydrogen (secondary N) is 1. The first-order chi connectivity index (χ1) is 12.2. The number of aryl methyl sites for hydroxylation is 1. The van der Waals surface area contributed by atoms with E-state index in [1.54, 1.807) is 12.4 Å². The Morgan fingerprint density at radius 2 is 2.08 bits per heavy atom. The minimum Gasteiger partial charge on any atom is -0.355 e. The highest BCUT2D eigenvalue weighted by molar-refractivity contribution is 7.99. The van der Waals surface area contributed by atoms with Crippen LogP contribution in [0, 0.1) is 5.92 Å². The van der Waals surface area contributed by atoms with Crippen LogP contribution in [0.4, 0.5) is 5.82 Å². The summed E-state index contributed by atoms with van der Waals surface area (Å²) >= 11 is 8.02. The first-order valence-corrected chi connectivity index (χ1v) is 9.35. The predicted molar refractivity (Wildman–Crippen MR) is 99.2 cm³/mol. The van der Waals surface area contributed by atoms with Crippen molar-refractivity contribution in [1.82, 2.24) is 24.9 Å². The number of rotatable bonds is 5. The van der Waals surface area contributed by atoms with Gasteiger partial charge in [0.2, 0.25) is 0 Å². The molecule has 7 nitrogen and oxygen atoms in total. The molecule has 0 amide bonds. The summed E-state index contributed by atoms with van der Waals surface area (Å²) in [6.45, 7) is 4.54. The van der Waals surface area contributed by atoms with Crippen LogP contribution in [0.1, 0.15) is 12.6 Å². The van der Waals surface area contributed by atoms with E-state index < -0.39 is 0 Å². The molecule has 0 aromatic carbocycles. The number of H-pyrrole nitrogens is 1. The molecule has 0 atom stereocenters. The van der Waals surface area contributed by atoms with Crippen LogP contribution in [0.15, 0.2) is 28.8 Å². The third-order valence-electron chi connectivity index (χ3n) is 4.31. The molecule has 25 heavy (non-hydrogen) atoms. The average Bonchev–Trinajstić information content (AvgIpc) is 2.91. The molecule has 130 valence electrons. The van der Waals surface area contributed by atoms with Crippen molar-refractivity contribution in [1.29, 1.82) is 0 Å². The quantitative estimate of drug-likeness (QED) is 0.661. The second-order valence-corrected chi connectivity index (χ2v) is 7.43. The van der Waals surface area contributed by atoms with Crippen molar-refractivity contribution < 1.29 is 0 Å². The zero-order valence-corrected chi connectivity index (χ0v) is 15.3. The maximum absolute atomic E-state index is 6.58. The lowest BCUT2D eigenvalue weighted by molar-refractivity contribution is 0.417. The van der Waals surface area contributed by atoms with Gasteiger partial charge in [-0.3, -0.25) is 0 Å². The summed E-state index contributed by atoms with van der Waals surface area (Å²) < 4.78 is 0. The largest absolute Gasteiger partial charge is 0.355 e. The van der Waals surface area contributed by atoms with Gasteiger partial charge in [-0.1, -0.05) is 18.5 Å². The van der Waals surface area contributed by atoms with E-state index in [9.17, 15) is 0 Å². The first kappa shape index (κ1) is 16.6. The normalized spacial score (nSPS) is 14.9. The van der Waals surface area contributed by atoms with Crippen LogP contribution in [0.25, 0.3) is 11.0 Å². The third kappa shape index (κ3) is 3.05. The fraction of sp³-hybridized carbons (Fsp3) is 0.375.